The molecule has 0 saturated carbocycles. The van der Waals surface area contributed by atoms with Crippen molar-refractivity contribution < 1.29 is 14.3 Å². The molecule has 0 spiro atoms. The maximum absolute atomic E-state index is 12.4. The maximum Gasteiger partial charge on any atom is 0.341 e. The number of hydrogen-bond donors (Lipinski definition) is 1. The van der Waals surface area contributed by atoms with Gasteiger partial charge in [-0.1, -0.05) is 24.3 Å². The molecule has 2 aromatic rings. The third kappa shape index (κ3) is 3.57. The second-order valence-electron chi connectivity index (χ2n) is 5.78. The van der Waals surface area contributed by atoms with Crippen LogP contribution < -0.4 is 5.32 Å². The van der Waals surface area contributed by atoms with Crippen molar-refractivity contribution >= 4 is 17.7 Å². The van der Waals surface area contributed by atoms with E-state index in [0.717, 1.165) is 16.7 Å². The Hall–Kier alpha value is -3.02. The predicted octanol–water partition coefficient (Wildman–Crippen LogP) is 3.15. The minimum Gasteiger partial charge on any atom is -0.465 e. The summed E-state index contributed by atoms with van der Waals surface area (Å²) in [5.41, 5.74) is 3.20. The van der Waals surface area contributed by atoms with E-state index in [-0.39, 0.29) is 12.6 Å². The van der Waals surface area contributed by atoms with E-state index in [4.69, 9.17) is 4.74 Å². The zero-order valence-electron chi connectivity index (χ0n) is 14.1. The highest BCUT2D eigenvalue weighted by Crippen LogP contribution is 2.30. The predicted molar refractivity (Wildman–Crippen MR) is 94.2 cm³/mol. The minimum atomic E-state index is -0.637. The van der Waals surface area contributed by atoms with Crippen LogP contribution in [0.4, 0.5) is 4.79 Å². The summed E-state index contributed by atoms with van der Waals surface area (Å²) in [6, 6.07) is 10.6. The molecule has 1 aromatic carbocycles. The number of benzene rings is 1. The van der Waals surface area contributed by atoms with E-state index >= 15 is 0 Å². The van der Waals surface area contributed by atoms with Gasteiger partial charge in [0.15, 0.2) is 0 Å². The van der Waals surface area contributed by atoms with Gasteiger partial charge in [-0.25, -0.2) is 9.79 Å². The number of nitrogens with one attached hydrogen (secondary N) is 1. The van der Waals surface area contributed by atoms with Crippen LogP contribution >= 0.6 is 0 Å². The van der Waals surface area contributed by atoms with Crippen molar-refractivity contribution in [3.05, 3.63) is 54.4 Å². The van der Waals surface area contributed by atoms with Crippen LogP contribution in [-0.4, -0.2) is 29.3 Å². The van der Waals surface area contributed by atoms with E-state index < -0.39 is 18.0 Å². The van der Waals surface area contributed by atoms with Gasteiger partial charge in [0.25, 0.3) is 0 Å². The molecule has 3 rings (SSSR count). The first-order valence-corrected chi connectivity index (χ1v) is 8.13. The molecule has 1 aliphatic rings. The van der Waals surface area contributed by atoms with E-state index in [2.05, 4.69) is 15.3 Å². The molecule has 2 heterocycles. The quantitative estimate of drug-likeness (QED) is 0.869. The molecule has 1 aromatic heterocycles. The molecule has 0 radical (unpaired) electrons. The number of carbonyl (C=O) groups is 2. The normalized spacial score (nSPS) is 19.8. The Bertz CT molecular complexity index is 818. The van der Waals surface area contributed by atoms with Gasteiger partial charge in [-0.3, -0.25) is 9.78 Å². The van der Waals surface area contributed by atoms with E-state index in [1.165, 1.54) is 0 Å². The summed E-state index contributed by atoms with van der Waals surface area (Å²) in [6.45, 7) is 3.71. The van der Waals surface area contributed by atoms with Gasteiger partial charge in [-0.15, -0.1) is 0 Å². The summed E-state index contributed by atoms with van der Waals surface area (Å²) in [5, 5.41) is 2.79. The van der Waals surface area contributed by atoms with E-state index in [1.807, 2.05) is 36.4 Å². The number of rotatable bonds is 4. The van der Waals surface area contributed by atoms with Crippen LogP contribution in [0.25, 0.3) is 11.1 Å². The number of hydrogen-bond acceptors (Lipinski definition) is 4. The van der Waals surface area contributed by atoms with Crippen molar-refractivity contribution in [1.29, 1.82) is 0 Å². The first-order chi connectivity index (χ1) is 12.1. The fraction of sp³-hybridized carbons (Fsp3) is 0.263. The van der Waals surface area contributed by atoms with Crippen molar-refractivity contribution in [2.75, 3.05) is 6.61 Å². The van der Waals surface area contributed by atoms with Gasteiger partial charge in [0.05, 0.1) is 12.6 Å². The highest BCUT2D eigenvalue weighted by Gasteiger charge is 2.37. The van der Waals surface area contributed by atoms with Gasteiger partial charge in [0.1, 0.15) is 5.92 Å². The monoisotopic (exact) mass is 337 g/mol. The molecule has 1 N–H and O–H groups in total. The fourth-order valence-corrected chi connectivity index (χ4v) is 2.98. The van der Waals surface area contributed by atoms with E-state index in [9.17, 15) is 9.59 Å². The lowest BCUT2D eigenvalue weighted by molar-refractivity contribution is -0.146. The smallest absolute Gasteiger partial charge is 0.341 e. The molecule has 6 heteroatoms. The summed E-state index contributed by atoms with van der Waals surface area (Å²) in [7, 11) is 0. The number of carbonyl (C=O) groups excluding carboxylic acids is 2. The number of esters is 1. The number of nitrogens with zero attached hydrogens (tertiary/aromatic N) is 2. The highest BCUT2D eigenvalue weighted by molar-refractivity contribution is 6.08. The lowest BCUT2D eigenvalue weighted by Crippen LogP contribution is -2.44. The topological polar surface area (TPSA) is 80.6 Å². The van der Waals surface area contributed by atoms with E-state index in [1.54, 1.807) is 26.2 Å². The molecular weight excluding hydrogens is 318 g/mol. The summed E-state index contributed by atoms with van der Waals surface area (Å²) in [5.74, 6) is -1.03. The van der Waals surface area contributed by atoms with Crippen molar-refractivity contribution in [3.63, 3.8) is 0 Å². The molecule has 6 nitrogen and oxygen atoms in total. The molecule has 0 saturated heterocycles. The number of urea groups is 1. The van der Waals surface area contributed by atoms with Crippen molar-refractivity contribution in [3.8, 4) is 11.1 Å². The van der Waals surface area contributed by atoms with E-state index in [0.29, 0.717) is 5.71 Å². The van der Waals surface area contributed by atoms with Crippen LogP contribution in [0.15, 0.2) is 53.8 Å². The standard InChI is InChI=1S/C19H19N3O3/c1-3-25-18(23)16-12(2)21-19(24)22-17(16)14-7-4-6-13(10-14)15-8-5-9-20-11-15/h4-11,16-17H,3H2,1-2H3,(H,22,24). The van der Waals surface area contributed by atoms with Gasteiger partial charge in [0, 0.05) is 18.1 Å². The Morgan fingerprint density at radius 3 is 2.76 bits per heavy atom. The first kappa shape index (κ1) is 16.8. The zero-order valence-corrected chi connectivity index (χ0v) is 14.1. The molecule has 25 heavy (non-hydrogen) atoms. The summed E-state index contributed by atoms with van der Waals surface area (Å²) in [6.07, 6.45) is 3.49. The molecule has 0 bridgehead atoms. The number of ether oxygens (including phenoxy) is 1. The maximum atomic E-state index is 12.4. The Morgan fingerprint density at radius 2 is 2.04 bits per heavy atom. The van der Waals surface area contributed by atoms with Crippen LogP contribution in [-0.2, 0) is 9.53 Å². The molecule has 128 valence electrons. The summed E-state index contributed by atoms with van der Waals surface area (Å²) in [4.78, 5) is 32.3. The molecule has 2 unspecified atom stereocenters. The number of aromatic nitrogens is 1. The van der Waals surface area contributed by atoms with Gasteiger partial charge >= 0.3 is 12.0 Å². The van der Waals surface area contributed by atoms with Crippen LogP contribution in [0.1, 0.15) is 25.5 Å². The lowest BCUT2D eigenvalue weighted by atomic mass is 9.87. The minimum absolute atomic E-state index is 0.277. The van der Waals surface area contributed by atoms with Gasteiger partial charge in [-0.05, 0) is 42.7 Å². The first-order valence-electron chi connectivity index (χ1n) is 8.13. The second-order valence-corrected chi connectivity index (χ2v) is 5.78. The SMILES string of the molecule is CCOC(=O)C1C(C)=NC(=O)NC1c1cccc(-c2cccnc2)c1. The van der Waals surface area contributed by atoms with Gasteiger partial charge in [0.2, 0.25) is 0 Å². The molecule has 2 amide bonds. The Kier molecular flexibility index (Phi) is 4.88. The molecule has 1 aliphatic heterocycles. The summed E-state index contributed by atoms with van der Waals surface area (Å²) >= 11 is 0. The summed E-state index contributed by atoms with van der Waals surface area (Å²) < 4.78 is 5.17. The zero-order chi connectivity index (χ0) is 17.8. The van der Waals surface area contributed by atoms with Crippen LogP contribution in [0, 0.1) is 5.92 Å². The Balaban J connectivity index is 2.00. The van der Waals surface area contributed by atoms with Crippen LogP contribution in [0.3, 0.4) is 0 Å². The molecule has 2 atom stereocenters. The Labute approximate surface area is 146 Å². The molecule has 0 fully saturated rings. The third-order valence-corrected chi connectivity index (χ3v) is 4.12. The molecule has 0 aliphatic carbocycles. The van der Waals surface area contributed by atoms with Crippen LogP contribution in [0.2, 0.25) is 0 Å². The molecular formula is C19H19N3O3. The third-order valence-electron chi connectivity index (χ3n) is 4.12. The number of aliphatic imine (C=N–C) groups is 1. The number of pyridine rings is 1. The average molecular weight is 337 g/mol. The van der Waals surface area contributed by atoms with Crippen LogP contribution in [0.5, 0.6) is 0 Å². The van der Waals surface area contributed by atoms with Crippen molar-refractivity contribution in [2.45, 2.75) is 19.9 Å². The van der Waals surface area contributed by atoms with Gasteiger partial charge < -0.3 is 10.1 Å². The largest absolute Gasteiger partial charge is 0.465 e. The Morgan fingerprint density at radius 1 is 1.24 bits per heavy atom. The average Bonchev–Trinajstić information content (AvgIpc) is 2.62. The van der Waals surface area contributed by atoms with Crippen molar-refractivity contribution in [1.82, 2.24) is 10.3 Å². The van der Waals surface area contributed by atoms with Gasteiger partial charge in [-0.2, -0.15) is 0 Å². The fourth-order valence-electron chi connectivity index (χ4n) is 2.98. The number of amides is 2. The van der Waals surface area contributed by atoms with Crippen molar-refractivity contribution in [2.24, 2.45) is 10.9 Å². The highest BCUT2D eigenvalue weighted by atomic mass is 16.5. The lowest BCUT2D eigenvalue weighted by Gasteiger charge is -2.29. The second kappa shape index (κ2) is 7.25.